The van der Waals surface area contributed by atoms with Crippen molar-refractivity contribution in [3.63, 3.8) is 0 Å². The molecular weight excluding hydrogens is 374 g/mol. The lowest BCUT2D eigenvalue weighted by molar-refractivity contribution is 0.0954. The van der Waals surface area contributed by atoms with E-state index in [1.54, 1.807) is 31.3 Å². The number of guanidine groups is 1. The van der Waals surface area contributed by atoms with Crippen LogP contribution in [0.1, 0.15) is 15.9 Å². The zero-order chi connectivity index (χ0) is 19.8. The van der Waals surface area contributed by atoms with Gasteiger partial charge in [-0.25, -0.2) is 0 Å². The molecule has 0 aliphatic rings. The zero-order valence-corrected chi connectivity index (χ0v) is 16.5. The normalized spacial score (nSPS) is 11.4. The molecule has 6 nitrogen and oxygen atoms in total. The summed E-state index contributed by atoms with van der Waals surface area (Å²) >= 11 is 5.83. The summed E-state index contributed by atoms with van der Waals surface area (Å²) in [6, 6.07) is 15.1. The van der Waals surface area contributed by atoms with Crippen molar-refractivity contribution >= 4 is 34.4 Å². The molecule has 28 heavy (non-hydrogen) atoms. The Morgan fingerprint density at radius 3 is 2.50 bits per heavy atom. The van der Waals surface area contributed by atoms with Crippen LogP contribution in [0.2, 0.25) is 5.02 Å². The van der Waals surface area contributed by atoms with Gasteiger partial charge in [0, 0.05) is 54.4 Å². The summed E-state index contributed by atoms with van der Waals surface area (Å²) < 4.78 is 0. The van der Waals surface area contributed by atoms with Gasteiger partial charge in [-0.05, 0) is 42.3 Å². The molecule has 1 aromatic heterocycles. The Bertz CT molecular complexity index is 949. The maximum Gasteiger partial charge on any atom is 0.251 e. The van der Waals surface area contributed by atoms with Gasteiger partial charge in [-0.15, -0.1) is 0 Å². The van der Waals surface area contributed by atoms with E-state index in [0.717, 1.165) is 18.5 Å². The molecule has 4 N–H and O–H groups in total. The predicted molar refractivity (Wildman–Crippen MR) is 115 cm³/mol. The summed E-state index contributed by atoms with van der Waals surface area (Å²) in [5.74, 6) is 0.585. The highest BCUT2D eigenvalue weighted by Gasteiger charge is 2.05. The number of aromatic amines is 1. The first-order valence-corrected chi connectivity index (χ1v) is 9.58. The number of nitrogens with one attached hydrogen (secondary N) is 4. The van der Waals surface area contributed by atoms with Crippen LogP contribution in [0.3, 0.4) is 0 Å². The number of rotatable bonds is 7. The second kappa shape index (κ2) is 9.80. The Morgan fingerprint density at radius 1 is 1.00 bits per heavy atom. The number of nitrogens with zero attached hydrogens (tertiary/aromatic N) is 1. The fourth-order valence-electron chi connectivity index (χ4n) is 2.93. The van der Waals surface area contributed by atoms with Crippen LogP contribution in [0.15, 0.2) is 59.7 Å². The maximum atomic E-state index is 12.0. The number of hydrogen-bond acceptors (Lipinski definition) is 2. The Kier molecular flexibility index (Phi) is 6.92. The smallest absolute Gasteiger partial charge is 0.251 e. The van der Waals surface area contributed by atoms with Gasteiger partial charge in [0.2, 0.25) is 0 Å². The number of halogens is 1. The molecule has 0 atom stereocenters. The lowest BCUT2D eigenvalue weighted by Gasteiger charge is -2.12. The van der Waals surface area contributed by atoms with Gasteiger partial charge in [0.15, 0.2) is 5.96 Å². The Labute approximate surface area is 169 Å². The van der Waals surface area contributed by atoms with Crippen LogP contribution < -0.4 is 16.0 Å². The number of aliphatic imine (C=N–C) groups is 1. The monoisotopic (exact) mass is 397 g/mol. The van der Waals surface area contributed by atoms with E-state index in [9.17, 15) is 4.79 Å². The van der Waals surface area contributed by atoms with Gasteiger partial charge in [0.05, 0.1) is 0 Å². The minimum Gasteiger partial charge on any atom is -0.361 e. The number of para-hydroxylation sites is 1. The van der Waals surface area contributed by atoms with Crippen LogP contribution in [0.4, 0.5) is 0 Å². The number of aromatic nitrogens is 1. The first kappa shape index (κ1) is 19.8. The molecule has 3 rings (SSSR count). The molecule has 0 bridgehead atoms. The van der Waals surface area contributed by atoms with E-state index in [2.05, 4.69) is 44.3 Å². The lowest BCUT2D eigenvalue weighted by Crippen LogP contribution is -2.42. The summed E-state index contributed by atoms with van der Waals surface area (Å²) in [5, 5.41) is 11.2. The average Bonchev–Trinajstić information content (AvgIpc) is 3.13. The predicted octanol–water partition coefficient (Wildman–Crippen LogP) is 2.96. The topological polar surface area (TPSA) is 81.3 Å². The van der Waals surface area contributed by atoms with Gasteiger partial charge in [-0.2, -0.15) is 0 Å². The van der Waals surface area contributed by atoms with E-state index < -0.39 is 0 Å². The Hall–Kier alpha value is -2.99. The van der Waals surface area contributed by atoms with Gasteiger partial charge in [-0.1, -0.05) is 29.8 Å². The molecule has 3 aromatic rings. The quantitative estimate of drug-likeness (QED) is 0.281. The van der Waals surface area contributed by atoms with E-state index in [-0.39, 0.29) is 5.91 Å². The molecule has 0 radical (unpaired) electrons. The molecule has 0 saturated heterocycles. The van der Waals surface area contributed by atoms with Crippen molar-refractivity contribution in [3.8, 4) is 0 Å². The summed E-state index contributed by atoms with van der Waals surface area (Å²) in [6.07, 6.45) is 2.94. The molecule has 1 amide bonds. The van der Waals surface area contributed by atoms with E-state index in [4.69, 9.17) is 11.6 Å². The third kappa shape index (κ3) is 5.27. The molecule has 1 heterocycles. The van der Waals surface area contributed by atoms with Crippen molar-refractivity contribution in [2.24, 2.45) is 4.99 Å². The average molecular weight is 398 g/mol. The zero-order valence-electron chi connectivity index (χ0n) is 15.8. The molecule has 0 aliphatic carbocycles. The van der Waals surface area contributed by atoms with Crippen LogP contribution >= 0.6 is 11.6 Å². The van der Waals surface area contributed by atoms with E-state index in [0.29, 0.717) is 29.6 Å². The second-order valence-corrected chi connectivity index (χ2v) is 6.73. The minimum absolute atomic E-state index is 0.124. The van der Waals surface area contributed by atoms with Crippen molar-refractivity contribution < 1.29 is 4.79 Å². The van der Waals surface area contributed by atoms with Crippen LogP contribution in [0, 0.1) is 0 Å². The molecule has 0 unspecified atom stereocenters. The van der Waals surface area contributed by atoms with Crippen molar-refractivity contribution in [1.29, 1.82) is 0 Å². The summed E-state index contributed by atoms with van der Waals surface area (Å²) in [6.45, 7) is 1.83. The lowest BCUT2D eigenvalue weighted by atomic mass is 10.1. The number of H-pyrrole nitrogens is 1. The number of carbonyl (C=O) groups excluding carboxylic acids is 1. The van der Waals surface area contributed by atoms with E-state index in [1.807, 2.05) is 12.1 Å². The Balaban J connectivity index is 1.37. The molecule has 0 aliphatic heterocycles. The minimum atomic E-state index is -0.124. The number of carbonyl (C=O) groups is 1. The SMILES string of the molecule is CN=C(NCCNC(=O)c1ccc(Cl)cc1)NCCc1c[nH]c2ccccc12. The fourth-order valence-corrected chi connectivity index (χ4v) is 3.06. The van der Waals surface area contributed by atoms with Crippen molar-refractivity contribution in [2.75, 3.05) is 26.7 Å². The summed E-state index contributed by atoms with van der Waals surface area (Å²) in [5.41, 5.74) is 3.01. The van der Waals surface area contributed by atoms with E-state index >= 15 is 0 Å². The third-order valence-electron chi connectivity index (χ3n) is 4.39. The van der Waals surface area contributed by atoms with Crippen molar-refractivity contribution in [1.82, 2.24) is 20.9 Å². The first-order valence-electron chi connectivity index (χ1n) is 9.20. The number of fused-ring (bicyclic) bond motifs is 1. The third-order valence-corrected chi connectivity index (χ3v) is 4.65. The number of benzene rings is 2. The molecule has 146 valence electrons. The van der Waals surface area contributed by atoms with Crippen LogP contribution in [0.25, 0.3) is 10.9 Å². The maximum absolute atomic E-state index is 12.0. The van der Waals surface area contributed by atoms with Crippen molar-refractivity contribution in [3.05, 3.63) is 70.9 Å². The molecule has 0 fully saturated rings. The van der Waals surface area contributed by atoms with Gasteiger partial charge in [-0.3, -0.25) is 9.79 Å². The standard InChI is InChI=1S/C21H24ClN5O/c1-23-21(25-11-10-16-14-27-19-5-3-2-4-18(16)19)26-13-12-24-20(28)15-6-8-17(22)9-7-15/h2-9,14,27H,10-13H2,1H3,(H,24,28)(H2,23,25,26). The molecule has 0 saturated carbocycles. The van der Waals surface area contributed by atoms with Crippen LogP contribution in [-0.4, -0.2) is 43.5 Å². The molecular formula is C21H24ClN5O. The highest BCUT2D eigenvalue weighted by atomic mass is 35.5. The van der Waals surface area contributed by atoms with Crippen LogP contribution in [-0.2, 0) is 6.42 Å². The summed E-state index contributed by atoms with van der Waals surface area (Å²) in [4.78, 5) is 19.6. The highest BCUT2D eigenvalue weighted by Crippen LogP contribution is 2.17. The van der Waals surface area contributed by atoms with Gasteiger partial charge in [0.25, 0.3) is 5.91 Å². The van der Waals surface area contributed by atoms with Gasteiger partial charge >= 0.3 is 0 Å². The van der Waals surface area contributed by atoms with Crippen LogP contribution in [0.5, 0.6) is 0 Å². The number of amides is 1. The first-order chi connectivity index (χ1) is 13.7. The number of hydrogen-bond donors (Lipinski definition) is 4. The molecule has 7 heteroatoms. The Morgan fingerprint density at radius 2 is 1.71 bits per heavy atom. The van der Waals surface area contributed by atoms with Gasteiger partial charge < -0.3 is 20.9 Å². The fraction of sp³-hybridized carbons (Fsp3) is 0.238. The largest absolute Gasteiger partial charge is 0.361 e. The molecule has 0 spiro atoms. The highest BCUT2D eigenvalue weighted by molar-refractivity contribution is 6.30. The second-order valence-electron chi connectivity index (χ2n) is 6.30. The van der Waals surface area contributed by atoms with E-state index in [1.165, 1.54) is 10.9 Å². The molecule has 2 aromatic carbocycles. The van der Waals surface area contributed by atoms with Crippen molar-refractivity contribution in [2.45, 2.75) is 6.42 Å². The van der Waals surface area contributed by atoms with Gasteiger partial charge in [0.1, 0.15) is 0 Å². The summed E-state index contributed by atoms with van der Waals surface area (Å²) in [7, 11) is 1.73.